The average molecular weight is 241 g/mol. The molecule has 0 atom stereocenters. The van der Waals surface area contributed by atoms with Crippen molar-refractivity contribution in [2.45, 2.75) is 0 Å². The predicted molar refractivity (Wildman–Crippen MR) is 61.6 cm³/mol. The summed E-state index contributed by atoms with van der Waals surface area (Å²) in [4.78, 5) is 25.2. The molecule has 1 aliphatic rings. The molecule has 1 saturated heterocycles. The highest BCUT2D eigenvalue weighted by atomic mass is 16.5. The van der Waals surface area contributed by atoms with Crippen LogP contribution in [0.1, 0.15) is 0 Å². The third-order valence-electron chi connectivity index (χ3n) is 2.92. The predicted octanol–water partition coefficient (Wildman–Crippen LogP) is -1.37. The van der Waals surface area contributed by atoms with Gasteiger partial charge in [-0.25, -0.2) is 4.79 Å². The van der Waals surface area contributed by atoms with Crippen LogP contribution >= 0.6 is 0 Å². The Labute approximate surface area is 97.5 Å². The fraction of sp³-hybridized carbons (Fsp3) is 0.600. The van der Waals surface area contributed by atoms with Crippen molar-refractivity contribution < 1.29 is 9.84 Å². The van der Waals surface area contributed by atoms with Gasteiger partial charge in [-0.1, -0.05) is 0 Å². The van der Waals surface area contributed by atoms with E-state index in [1.807, 2.05) is 0 Å². The van der Waals surface area contributed by atoms with E-state index in [2.05, 4.69) is 0 Å². The van der Waals surface area contributed by atoms with E-state index in [0.717, 1.165) is 4.57 Å². The van der Waals surface area contributed by atoms with Crippen molar-refractivity contribution in [3.8, 4) is 5.75 Å². The largest absolute Gasteiger partial charge is 0.500 e. The summed E-state index contributed by atoms with van der Waals surface area (Å²) in [7, 11) is 2.87. The van der Waals surface area contributed by atoms with E-state index in [9.17, 15) is 14.7 Å². The Morgan fingerprint density at radius 2 is 1.71 bits per heavy atom. The lowest BCUT2D eigenvalue weighted by Gasteiger charge is -2.30. The maximum absolute atomic E-state index is 11.8. The normalized spacial score (nSPS) is 16.2. The molecular formula is C10H15N3O4. The number of rotatable bonds is 1. The molecule has 2 heterocycles. The zero-order valence-electron chi connectivity index (χ0n) is 9.84. The number of aromatic hydroxyl groups is 1. The molecule has 94 valence electrons. The van der Waals surface area contributed by atoms with Crippen molar-refractivity contribution in [3.63, 3.8) is 0 Å². The first kappa shape index (κ1) is 11.7. The average Bonchev–Trinajstić information content (AvgIpc) is 2.36. The highest BCUT2D eigenvalue weighted by Gasteiger charge is 2.21. The standard InChI is InChI=1S/C10H15N3O4/c1-11-8(13-3-5-17-6-4-13)7(14)9(15)12(2)10(11)16/h14H,3-6H2,1-2H3. The first-order valence-electron chi connectivity index (χ1n) is 5.35. The molecule has 0 aliphatic carbocycles. The maximum Gasteiger partial charge on any atom is 0.332 e. The van der Waals surface area contributed by atoms with Gasteiger partial charge in [-0.2, -0.15) is 0 Å². The molecule has 0 bridgehead atoms. The molecule has 7 heteroatoms. The number of anilines is 1. The number of morpholine rings is 1. The molecule has 1 N–H and O–H groups in total. The zero-order valence-corrected chi connectivity index (χ0v) is 9.84. The maximum atomic E-state index is 11.8. The van der Waals surface area contributed by atoms with Crippen LogP contribution < -0.4 is 16.1 Å². The third-order valence-corrected chi connectivity index (χ3v) is 2.92. The third kappa shape index (κ3) is 1.82. The van der Waals surface area contributed by atoms with Gasteiger partial charge in [0.2, 0.25) is 5.75 Å². The number of ether oxygens (including phenoxy) is 1. The van der Waals surface area contributed by atoms with Crippen LogP contribution in [0.4, 0.5) is 5.82 Å². The summed E-state index contributed by atoms with van der Waals surface area (Å²) in [5, 5.41) is 9.86. The summed E-state index contributed by atoms with van der Waals surface area (Å²) in [6, 6.07) is 0. The Bertz CT molecular complexity index is 502. The van der Waals surface area contributed by atoms with E-state index in [4.69, 9.17) is 4.74 Å². The van der Waals surface area contributed by atoms with Crippen molar-refractivity contribution in [1.82, 2.24) is 9.13 Å². The minimum Gasteiger partial charge on any atom is -0.500 e. The summed E-state index contributed by atoms with van der Waals surface area (Å²) >= 11 is 0. The fourth-order valence-corrected chi connectivity index (χ4v) is 1.95. The van der Waals surface area contributed by atoms with Crippen molar-refractivity contribution in [2.75, 3.05) is 31.2 Å². The van der Waals surface area contributed by atoms with Crippen molar-refractivity contribution >= 4 is 5.82 Å². The summed E-state index contributed by atoms with van der Waals surface area (Å²) in [6.45, 7) is 2.13. The van der Waals surface area contributed by atoms with Crippen LogP contribution in [0, 0.1) is 0 Å². The molecule has 7 nitrogen and oxygen atoms in total. The molecule has 2 rings (SSSR count). The molecule has 1 aromatic heterocycles. The van der Waals surface area contributed by atoms with Gasteiger partial charge in [0.05, 0.1) is 13.2 Å². The van der Waals surface area contributed by atoms with E-state index in [-0.39, 0.29) is 5.82 Å². The summed E-state index contributed by atoms with van der Waals surface area (Å²) in [5.74, 6) is -0.127. The minimum atomic E-state index is -0.672. The first-order chi connectivity index (χ1) is 8.04. The van der Waals surface area contributed by atoms with Crippen LogP contribution in [0.5, 0.6) is 5.75 Å². The highest BCUT2D eigenvalue weighted by Crippen LogP contribution is 2.21. The molecule has 0 unspecified atom stereocenters. The second-order valence-electron chi connectivity index (χ2n) is 3.98. The summed E-state index contributed by atoms with van der Waals surface area (Å²) in [5.41, 5.74) is -1.12. The Morgan fingerprint density at radius 3 is 2.29 bits per heavy atom. The van der Waals surface area contributed by atoms with Crippen molar-refractivity contribution in [1.29, 1.82) is 0 Å². The van der Waals surface area contributed by atoms with Crippen LogP contribution in [-0.2, 0) is 18.8 Å². The quantitative estimate of drug-likeness (QED) is 0.656. The monoisotopic (exact) mass is 241 g/mol. The fourth-order valence-electron chi connectivity index (χ4n) is 1.95. The van der Waals surface area contributed by atoms with Gasteiger partial charge >= 0.3 is 5.69 Å². The zero-order chi connectivity index (χ0) is 12.6. The molecule has 0 aromatic carbocycles. The summed E-state index contributed by atoms with van der Waals surface area (Å²) < 4.78 is 7.36. The van der Waals surface area contributed by atoms with E-state index in [1.165, 1.54) is 18.7 Å². The van der Waals surface area contributed by atoms with E-state index in [0.29, 0.717) is 26.3 Å². The molecule has 1 aliphatic heterocycles. The summed E-state index contributed by atoms with van der Waals surface area (Å²) in [6.07, 6.45) is 0. The molecule has 0 spiro atoms. The molecule has 0 saturated carbocycles. The van der Waals surface area contributed by atoms with Crippen molar-refractivity contribution in [3.05, 3.63) is 20.8 Å². The van der Waals surface area contributed by atoms with E-state index >= 15 is 0 Å². The second kappa shape index (κ2) is 4.25. The van der Waals surface area contributed by atoms with Gasteiger partial charge in [-0.05, 0) is 0 Å². The Kier molecular flexibility index (Phi) is 2.93. The van der Waals surface area contributed by atoms with Gasteiger partial charge in [0.1, 0.15) is 0 Å². The van der Waals surface area contributed by atoms with Gasteiger partial charge in [0.25, 0.3) is 5.56 Å². The van der Waals surface area contributed by atoms with E-state index in [1.54, 1.807) is 4.90 Å². The van der Waals surface area contributed by atoms with Crippen LogP contribution in [-0.4, -0.2) is 40.5 Å². The van der Waals surface area contributed by atoms with Crippen LogP contribution in [0.15, 0.2) is 9.59 Å². The number of aromatic nitrogens is 2. The first-order valence-corrected chi connectivity index (χ1v) is 5.35. The Balaban J connectivity index is 2.61. The topological polar surface area (TPSA) is 76.7 Å². The molecule has 1 fully saturated rings. The Hall–Kier alpha value is -1.76. The van der Waals surface area contributed by atoms with Crippen LogP contribution in [0.2, 0.25) is 0 Å². The van der Waals surface area contributed by atoms with Gasteiger partial charge in [0, 0.05) is 27.2 Å². The molecule has 17 heavy (non-hydrogen) atoms. The molecule has 0 amide bonds. The second-order valence-corrected chi connectivity index (χ2v) is 3.98. The minimum absolute atomic E-state index is 0.265. The van der Waals surface area contributed by atoms with Crippen LogP contribution in [0.25, 0.3) is 0 Å². The van der Waals surface area contributed by atoms with Crippen LogP contribution in [0.3, 0.4) is 0 Å². The lowest BCUT2D eigenvalue weighted by molar-refractivity contribution is 0.121. The lowest BCUT2D eigenvalue weighted by atomic mass is 10.3. The van der Waals surface area contributed by atoms with Gasteiger partial charge in [0.15, 0.2) is 5.82 Å². The van der Waals surface area contributed by atoms with E-state index < -0.39 is 17.0 Å². The van der Waals surface area contributed by atoms with Gasteiger partial charge < -0.3 is 14.7 Å². The Morgan fingerprint density at radius 1 is 1.12 bits per heavy atom. The molecular weight excluding hydrogens is 226 g/mol. The van der Waals surface area contributed by atoms with Gasteiger partial charge in [-0.15, -0.1) is 0 Å². The molecule has 1 aromatic rings. The highest BCUT2D eigenvalue weighted by molar-refractivity contribution is 5.51. The number of hydrogen-bond donors (Lipinski definition) is 1. The van der Waals surface area contributed by atoms with Crippen molar-refractivity contribution in [2.24, 2.45) is 14.1 Å². The lowest BCUT2D eigenvalue weighted by Crippen LogP contribution is -2.44. The number of hydrogen-bond acceptors (Lipinski definition) is 5. The molecule has 0 radical (unpaired) electrons. The number of nitrogens with zero attached hydrogens (tertiary/aromatic N) is 3. The van der Waals surface area contributed by atoms with Gasteiger partial charge in [-0.3, -0.25) is 13.9 Å². The smallest absolute Gasteiger partial charge is 0.332 e. The SMILES string of the molecule is Cn1c(N2CCOCC2)c(O)c(=O)n(C)c1=O.